The highest BCUT2D eigenvalue weighted by Gasteiger charge is 2.25. The lowest BCUT2D eigenvalue weighted by Crippen LogP contribution is -2.43. The van der Waals surface area contributed by atoms with Crippen molar-refractivity contribution in [3.05, 3.63) is 48.0 Å². The first kappa shape index (κ1) is 13.8. The summed E-state index contributed by atoms with van der Waals surface area (Å²) in [6.07, 6.45) is 5.16. The molecule has 0 radical (unpaired) electrons. The monoisotopic (exact) mass is 286 g/mol. The Balaban J connectivity index is 1.66. The van der Waals surface area contributed by atoms with Crippen LogP contribution in [0.1, 0.15) is 17.4 Å². The van der Waals surface area contributed by atoms with Gasteiger partial charge in [-0.05, 0) is 30.7 Å². The molecular formula is C15H18N4O2. The molecule has 3 heterocycles. The van der Waals surface area contributed by atoms with E-state index in [0.29, 0.717) is 19.7 Å². The number of nitrogens with zero attached hydrogens (tertiary/aromatic N) is 4. The molecule has 0 spiro atoms. The Labute approximate surface area is 123 Å². The third-order valence-corrected chi connectivity index (χ3v) is 3.57. The molecule has 0 N–H and O–H groups in total. The fourth-order valence-corrected chi connectivity index (χ4v) is 2.48. The van der Waals surface area contributed by atoms with Gasteiger partial charge in [0.15, 0.2) is 0 Å². The molecule has 1 saturated heterocycles. The maximum absolute atomic E-state index is 12.3. The van der Waals surface area contributed by atoms with Gasteiger partial charge in [0, 0.05) is 30.8 Å². The average Bonchev–Trinajstić information content (AvgIpc) is 3.00. The number of aryl methyl sites for hydroxylation is 1. The summed E-state index contributed by atoms with van der Waals surface area (Å²) in [5, 5.41) is 4.07. The van der Waals surface area contributed by atoms with Crippen LogP contribution in [0.3, 0.4) is 0 Å². The van der Waals surface area contributed by atoms with Crippen LogP contribution in [0.5, 0.6) is 0 Å². The van der Waals surface area contributed by atoms with E-state index < -0.39 is 0 Å². The van der Waals surface area contributed by atoms with E-state index >= 15 is 0 Å². The molecule has 0 aromatic carbocycles. The predicted molar refractivity (Wildman–Crippen MR) is 76.5 cm³/mol. The number of carbonyl (C=O) groups excluding carboxylic acids is 1. The zero-order chi connectivity index (χ0) is 14.7. The number of ether oxygens (including phenoxy) is 1. The molecular weight excluding hydrogens is 268 g/mol. The van der Waals surface area contributed by atoms with Gasteiger partial charge in [-0.1, -0.05) is 0 Å². The van der Waals surface area contributed by atoms with E-state index in [0.717, 1.165) is 11.3 Å². The molecule has 0 aliphatic carbocycles. The van der Waals surface area contributed by atoms with Crippen LogP contribution in [0.4, 0.5) is 0 Å². The summed E-state index contributed by atoms with van der Waals surface area (Å²) in [6, 6.07) is 5.76. The van der Waals surface area contributed by atoms with E-state index in [9.17, 15) is 4.79 Å². The average molecular weight is 286 g/mol. The summed E-state index contributed by atoms with van der Waals surface area (Å²) >= 11 is 0. The molecule has 0 saturated carbocycles. The van der Waals surface area contributed by atoms with Crippen molar-refractivity contribution in [3.63, 3.8) is 0 Å². The highest BCUT2D eigenvalue weighted by atomic mass is 16.5. The van der Waals surface area contributed by atoms with Gasteiger partial charge in [0.25, 0.3) is 0 Å². The summed E-state index contributed by atoms with van der Waals surface area (Å²) in [5.74, 6) is 0.0674. The van der Waals surface area contributed by atoms with Gasteiger partial charge in [-0.2, -0.15) is 5.10 Å². The zero-order valence-corrected chi connectivity index (χ0v) is 12.0. The Morgan fingerprint density at radius 1 is 1.48 bits per heavy atom. The molecule has 1 fully saturated rings. The molecule has 21 heavy (non-hydrogen) atoms. The summed E-state index contributed by atoms with van der Waals surface area (Å²) in [6.45, 7) is 3.98. The number of aromatic nitrogens is 3. The number of amides is 1. The number of pyridine rings is 1. The summed E-state index contributed by atoms with van der Waals surface area (Å²) < 4.78 is 7.43. The van der Waals surface area contributed by atoms with E-state index in [4.69, 9.17) is 4.74 Å². The normalized spacial score (nSPS) is 18.7. The Bertz CT molecular complexity index is 612. The van der Waals surface area contributed by atoms with Crippen molar-refractivity contribution < 1.29 is 9.53 Å². The topological polar surface area (TPSA) is 60.2 Å². The second kappa shape index (κ2) is 6.05. The van der Waals surface area contributed by atoms with E-state index in [1.165, 1.54) is 0 Å². The quantitative estimate of drug-likeness (QED) is 0.850. The number of carbonyl (C=O) groups is 1. The van der Waals surface area contributed by atoms with Crippen molar-refractivity contribution in [1.29, 1.82) is 0 Å². The summed E-state index contributed by atoms with van der Waals surface area (Å²) in [7, 11) is 0. The molecule has 1 aliphatic rings. The Kier molecular flexibility index (Phi) is 3.96. The van der Waals surface area contributed by atoms with E-state index in [1.54, 1.807) is 23.3 Å². The number of hydrogen-bond acceptors (Lipinski definition) is 4. The minimum Gasteiger partial charge on any atom is -0.370 e. The van der Waals surface area contributed by atoms with Crippen LogP contribution in [0.25, 0.3) is 0 Å². The predicted octanol–water partition coefficient (Wildman–Crippen LogP) is 1.19. The minimum atomic E-state index is -0.0815. The van der Waals surface area contributed by atoms with Gasteiger partial charge < -0.3 is 9.64 Å². The maximum Gasteiger partial charge on any atom is 0.244 e. The van der Waals surface area contributed by atoms with Crippen LogP contribution < -0.4 is 0 Å². The lowest BCUT2D eigenvalue weighted by atomic mass is 10.1. The molecule has 110 valence electrons. The lowest BCUT2D eigenvalue weighted by Gasteiger charge is -2.33. The second-order valence-electron chi connectivity index (χ2n) is 5.13. The van der Waals surface area contributed by atoms with Crippen LogP contribution in [-0.4, -0.2) is 45.3 Å². The van der Waals surface area contributed by atoms with Crippen molar-refractivity contribution in [2.75, 3.05) is 19.7 Å². The van der Waals surface area contributed by atoms with Gasteiger partial charge in [-0.3, -0.25) is 14.5 Å². The lowest BCUT2D eigenvalue weighted by molar-refractivity contribution is -0.139. The van der Waals surface area contributed by atoms with Gasteiger partial charge in [0.05, 0.1) is 13.2 Å². The maximum atomic E-state index is 12.3. The van der Waals surface area contributed by atoms with E-state index in [-0.39, 0.29) is 18.6 Å². The van der Waals surface area contributed by atoms with Gasteiger partial charge in [-0.25, -0.2) is 0 Å². The van der Waals surface area contributed by atoms with Crippen molar-refractivity contribution >= 4 is 5.91 Å². The van der Waals surface area contributed by atoms with Gasteiger partial charge >= 0.3 is 0 Å². The smallest absolute Gasteiger partial charge is 0.244 e. The number of hydrogen-bond donors (Lipinski definition) is 0. The molecule has 0 bridgehead atoms. The first-order valence-electron chi connectivity index (χ1n) is 7.02. The Morgan fingerprint density at radius 2 is 2.38 bits per heavy atom. The molecule has 1 aliphatic heterocycles. The number of rotatable bonds is 3. The molecule has 1 amide bonds. The number of morpholine rings is 1. The van der Waals surface area contributed by atoms with Gasteiger partial charge in [-0.15, -0.1) is 0 Å². The van der Waals surface area contributed by atoms with E-state index in [1.807, 2.05) is 30.0 Å². The second-order valence-corrected chi connectivity index (χ2v) is 5.13. The molecule has 3 rings (SSSR count). The van der Waals surface area contributed by atoms with Crippen molar-refractivity contribution in [1.82, 2.24) is 19.7 Å². The SMILES string of the molecule is Cc1cc([C@H]2CN(C(=O)Cn3cccn3)CCO2)ccn1. The first-order chi connectivity index (χ1) is 10.2. The van der Waals surface area contributed by atoms with Gasteiger partial charge in [0.1, 0.15) is 12.6 Å². The third-order valence-electron chi connectivity index (χ3n) is 3.57. The van der Waals surface area contributed by atoms with Gasteiger partial charge in [0.2, 0.25) is 5.91 Å². The zero-order valence-electron chi connectivity index (χ0n) is 12.0. The highest BCUT2D eigenvalue weighted by molar-refractivity contribution is 5.76. The van der Waals surface area contributed by atoms with Crippen LogP contribution in [0.15, 0.2) is 36.8 Å². The largest absolute Gasteiger partial charge is 0.370 e. The Hall–Kier alpha value is -2.21. The van der Waals surface area contributed by atoms with Crippen molar-refractivity contribution in [3.8, 4) is 0 Å². The Morgan fingerprint density at radius 3 is 3.14 bits per heavy atom. The molecule has 2 aromatic heterocycles. The van der Waals surface area contributed by atoms with E-state index in [2.05, 4.69) is 10.1 Å². The summed E-state index contributed by atoms with van der Waals surface area (Å²) in [4.78, 5) is 18.3. The molecule has 6 nitrogen and oxygen atoms in total. The molecule has 6 heteroatoms. The minimum absolute atomic E-state index is 0.0674. The third kappa shape index (κ3) is 3.28. The summed E-state index contributed by atoms with van der Waals surface area (Å²) in [5.41, 5.74) is 2.02. The molecule has 2 aromatic rings. The molecule has 0 unspecified atom stereocenters. The van der Waals surface area contributed by atoms with Crippen molar-refractivity contribution in [2.24, 2.45) is 0 Å². The first-order valence-corrected chi connectivity index (χ1v) is 7.02. The van der Waals surface area contributed by atoms with Crippen LogP contribution >= 0.6 is 0 Å². The standard InChI is InChI=1S/C15H18N4O2/c1-12-9-13(3-5-16-12)14-10-18(7-8-21-14)15(20)11-19-6-2-4-17-19/h2-6,9,14H,7-8,10-11H2,1H3/t14-/m1/s1. The fraction of sp³-hybridized carbons (Fsp3) is 0.400. The van der Waals surface area contributed by atoms with Crippen LogP contribution in [0, 0.1) is 6.92 Å². The van der Waals surface area contributed by atoms with Crippen LogP contribution in [-0.2, 0) is 16.1 Å². The van der Waals surface area contributed by atoms with Crippen molar-refractivity contribution in [2.45, 2.75) is 19.6 Å². The van der Waals surface area contributed by atoms with Crippen LogP contribution in [0.2, 0.25) is 0 Å². The highest BCUT2D eigenvalue weighted by Crippen LogP contribution is 2.22. The fourth-order valence-electron chi connectivity index (χ4n) is 2.48. The molecule has 1 atom stereocenters.